The molecule has 0 bridgehead atoms. The van der Waals surface area contributed by atoms with Crippen LogP contribution >= 0.6 is 11.6 Å². The van der Waals surface area contributed by atoms with Gasteiger partial charge in [0.25, 0.3) is 5.91 Å². The number of rotatable bonds is 5. The van der Waals surface area contributed by atoms with E-state index in [1.807, 2.05) is 37.5 Å². The average molecular weight is 514 g/mol. The second-order valence-electron chi connectivity index (χ2n) is 9.03. The number of nitrogen functional groups attached to an aromatic ring is 1. The van der Waals surface area contributed by atoms with Gasteiger partial charge in [0, 0.05) is 22.9 Å². The summed E-state index contributed by atoms with van der Waals surface area (Å²) in [6, 6.07) is 14.3. The van der Waals surface area contributed by atoms with E-state index in [4.69, 9.17) is 27.1 Å². The van der Waals surface area contributed by atoms with Crippen molar-refractivity contribution in [3.63, 3.8) is 0 Å². The number of aryl methyl sites for hydroxylation is 1. The first-order valence-corrected chi connectivity index (χ1v) is 12.0. The van der Waals surface area contributed by atoms with Gasteiger partial charge in [0.2, 0.25) is 11.8 Å². The number of carbonyl (C=O) groups excluding carboxylic acids is 1. The molecule has 0 spiro atoms. The molecular weight excluding hydrogens is 490 g/mol. The largest absolute Gasteiger partial charge is 0.480 e. The maximum Gasteiger partial charge on any atom is 0.279 e. The summed E-state index contributed by atoms with van der Waals surface area (Å²) >= 11 is 6.20. The Hall–Kier alpha value is -4.42. The first-order valence-electron chi connectivity index (χ1n) is 11.6. The minimum absolute atomic E-state index is 0.0712. The SMILES string of the molecule is COc1nc(N)ncc1-c1nc2c(n1C(C)C)C(c1ccc(Cl)cc1)N(c1ccc(C#N)cc1C)C2=O. The van der Waals surface area contributed by atoms with Gasteiger partial charge in [-0.25, -0.2) is 9.97 Å². The van der Waals surface area contributed by atoms with Crippen LogP contribution in [0, 0.1) is 18.3 Å². The molecule has 0 fully saturated rings. The fourth-order valence-corrected chi connectivity index (χ4v) is 4.94. The van der Waals surface area contributed by atoms with Crippen molar-refractivity contribution in [1.82, 2.24) is 19.5 Å². The average Bonchev–Trinajstić information content (AvgIpc) is 3.39. The number of hydrogen-bond acceptors (Lipinski definition) is 7. The molecule has 1 amide bonds. The number of fused-ring (bicyclic) bond motifs is 1. The number of nitrogens with two attached hydrogens (primary N) is 1. The Morgan fingerprint density at radius 2 is 1.89 bits per heavy atom. The molecule has 2 N–H and O–H groups in total. The zero-order valence-electron chi connectivity index (χ0n) is 20.7. The predicted molar refractivity (Wildman–Crippen MR) is 141 cm³/mol. The van der Waals surface area contributed by atoms with Crippen molar-refractivity contribution >= 4 is 29.1 Å². The number of methoxy groups -OCH3 is 1. The quantitative estimate of drug-likeness (QED) is 0.394. The van der Waals surface area contributed by atoms with Crippen LogP contribution in [0.25, 0.3) is 11.4 Å². The van der Waals surface area contributed by atoms with Gasteiger partial charge in [-0.1, -0.05) is 23.7 Å². The van der Waals surface area contributed by atoms with E-state index >= 15 is 0 Å². The van der Waals surface area contributed by atoms with Crippen molar-refractivity contribution in [2.24, 2.45) is 0 Å². The molecule has 1 aliphatic rings. The third-order valence-corrected chi connectivity index (χ3v) is 6.63. The molecule has 186 valence electrons. The molecular formula is C27H24ClN7O2. The molecule has 2 aromatic carbocycles. The molecule has 37 heavy (non-hydrogen) atoms. The molecule has 2 aromatic heterocycles. The van der Waals surface area contributed by atoms with Gasteiger partial charge in [-0.2, -0.15) is 10.2 Å². The number of nitrogens with zero attached hydrogens (tertiary/aromatic N) is 6. The van der Waals surface area contributed by atoms with Crippen molar-refractivity contribution in [3.05, 3.63) is 81.8 Å². The van der Waals surface area contributed by atoms with Crippen LogP contribution < -0.4 is 15.4 Å². The van der Waals surface area contributed by atoms with Crippen LogP contribution in [0.15, 0.2) is 48.7 Å². The van der Waals surface area contributed by atoms with E-state index < -0.39 is 6.04 Å². The topological polar surface area (TPSA) is 123 Å². The molecule has 10 heteroatoms. The van der Waals surface area contributed by atoms with E-state index in [1.165, 1.54) is 7.11 Å². The van der Waals surface area contributed by atoms with Gasteiger partial charge in [-0.05, 0) is 62.2 Å². The summed E-state index contributed by atoms with van der Waals surface area (Å²) in [6.45, 7) is 5.93. The molecule has 0 radical (unpaired) electrons. The molecule has 0 saturated heterocycles. The first-order chi connectivity index (χ1) is 17.7. The van der Waals surface area contributed by atoms with Crippen molar-refractivity contribution in [1.29, 1.82) is 5.26 Å². The maximum absolute atomic E-state index is 14.1. The zero-order chi connectivity index (χ0) is 26.4. The van der Waals surface area contributed by atoms with Crippen LogP contribution in [0.1, 0.15) is 58.8 Å². The lowest BCUT2D eigenvalue weighted by atomic mass is 10.0. The van der Waals surface area contributed by atoms with Crippen LogP contribution in [0.5, 0.6) is 5.88 Å². The van der Waals surface area contributed by atoms with E-state index in [0.29, 0.717) is 33.4 Å². The Morgan fingerprint density at radius 3 is 2.51 bits per heavy atom. The number of aromatic nitrogens is 4. The minimum atomic E-state index is -0.490. The second kappa shape index (κ2) is 9.22. The number of halogens is 1. The molecule has 1 aliphatic heterocycles. The maximum atomic E-state index is 14.1. The minimum Gasteiger partial charge on any atom is -0.480 e. The highest BCUT2D eigenvalue weighted by Gasteiger charge is 2.45. The van der Waals surface area contributed by atoms with Crippen LogP contribution in [-0.2, 0) is 0 Å². The Bertz CT molecular complexity index is 1570. The predicted octanol–water partition coefficient (Wildman–Crippen LogP) is 5.10. The highest BCUT2D eigenvalue weighted by atomic mass is 35.5. The summed E-state index contributed by atoms with van der Waals surface area (Å²) in [7, 11) is 1.50. The van der Waals surface area contributed by atoms with Gasteiger partial charge in [0.05, 0.1) is 30.0 Å². The van der Waals surface area contributed by atoms with E-state index in [-0.39, 0.29) is 23.8 Å². The van der Waals surface area contributed by atoms with Crippen molar-refractivity contribution in [2.75, 3.05) is 17.7 Å². The van der Waals surface area contributed by atoms with Crippen molar-refractivity contribution in [3.8, 4) is 23.3 Å². The summed E-state index contributed by atoms with van der Waals surface area (Å²) in [5, 5.41) is 9.94. The number of ether oxygens (including phenoxy) is 1. The Balaban J connectivity index is 1.78. The molecule has 5 rings (SSSR count). The number of nitriles is 1. The standard InChI is InChI=1S/C27H24ClN7O2/c1-14(2)34-23-21(32-24(34)19-13-31-27(30)33-25(19)37-4)26(36)35(20-10-5-16(12-29)11-15(20)3)22(23)17-6-8-18(28)9-7-17/h5-11,13-14,22H,1-4H3,(H2,30,31,33). The van der Waals surface area contributed by atoms with Crippen LogP contribution in [0.4, 0.5) is 11.6 Å². The summed E-state index contributed by atoms with van der Waals surface area (Å²) in [5.41, 5.74) is 10.3. The Labute approximate surface area is 219 Å². The number of carbonyl (C=O) groups is 1. The molecule has 1 unspecified atom stereocenters. The van der Waals surface area contributed by atoms with Crippen molar-refractivity contribution < 1.29 is 9.53 Å². The third kappa shape index (κ3) is 3.96. The van der Waals surface area contributed by atoms with Crippen molar-refractivity contribution in [2.45, 2.75) is 32.9 Å². The summed E-state index contributed by atoms with van der Waals surface area (Å²) < 4.78 is 7.49. The lowest BCUT2D eigenvalue weighted by molar-refractivity contribution is 0.0989. The molecule has 1 atom stereocenters. The molecule has 0 saturated carbocycles. The fraction of sp³-hybridized carbons (Fsp3) is 0.222. The van der Waals surface area contributed by atoms with Gasteiger partial charge in [0.1, 0.15) is 11.9 Å². The summed E-state index contributed by atoms with van der Waals surface area (Å²) in [6.07, 6.45) is 1.56. The zero-order valence-corrected chi connectivity index (χ0v) is 21.5. The van der Waals surface area contributed by atoms with Gasteiger partial charge in [-0.3, -0.25) is 9.69 Å². The summed E-state index contributed by atoms with van der Waals surface area (Å²) in [4.78, 5) is 29.0. The molecule has 3 heterocycles. The second-order valence-corrected chi connectivity index (χ2v) is 9.46. The molecule has 4 aromatic rings. The van der Waals surface area contributed by atoms with Crippen LogP contribution in [0.3, 0.4) is 0 Å². The number of imidazole rings is 1. The third-order valence-electron chi connectivity index (χ3n) is 6.38. The van der Waals surface area contributed by atoms with Gasteiger partial charge < -0.3 is 15.0 Å². The van der Waals surface area contributed by atoms with E-state index in [2.05, 4.69) is 16.0 Å². The molecule has 9 nitrogen and oxygen atoms in total. The number of benzene rings is 2. The van der Waals surface area contributed by atoms with E-state index in [1.54, 1.807) is 41.4 Å². The van der Waals surface area contributed by atoms with Crippen LogP contribution in [-0.4, -0.2) is 32.5 Å². The highest BCUT2D eigenvalue weighted by Crippen LogP contribution is 2.46. The van der Waals surface area contributed by atoms with Gasteiger partial charge in [0.15, 0.2) is 5.69 Å². The fourth-order valence-electron chi connectivity index (χ4n) is 4.81. The normalized spacial score (nSPS) is 14.7. The van der Waals surface area contributed by atoms with Gasteiger partial charge >= 0.3 is 0 Å². The van der Waals surface area contributed by atoms with Gasteiger partial charge in [-0.15, -0.1) is 0 Å². The molecule has 0 aliphatic carbocycles. The smallest absolute Gasteiger partial charge is 0.279 e. The van der Waals surface area contributed by atoms with Crippen LogP contribution in [0.2, 0.25) is 5.02 Å². The number of amides is 1. The summed E-state index contributed by atoms with van der Waals surface area (Å²) in [5.74, 6) is 0.612. The van der Waals surface area contributed by atoms with E-state index in [9.17, 15) is 10.1 Å². The monoisotopic (exact) mass is 513 g/mol. The lowest BCUT2D eigenvalue weighted by Gasteiger charge is -2.29. The van der Waals surface area contributed by atoms with E-state index in [0.717, 1.165) is 16.8 Å². The lowest BCUT2D eigenvalue weighted by Crippen LogP contribution is -2.31. The number of anilines is 2. The Kier molecular flexibility index (Phi) is 6.05. The Morgan fingerprint density at radius 1 is 1.16 bits per heavy atom. The first kappa shape index (κ1) is 24.3. The number of hydrogen-bond donors (Lipinski definition) is 1. The highest BCUT2D eigenvalue weighted by molar-refractivity contribution is 6.30.